The molecule has 2 N–H and O–H groups in total. The first-order valence-electron chi connectivity index (χ1n) is 7.99. The van der Waals surface area contributed by atoms with E-state index >= 15 is 0 Å². The zero-order valence-electron chi connectivity index (χ0n) is 13.6. The molecule has 25 heavy (non-hydrogen) atoms. The molecule has 1 heterocycles. The van der Waals surface area contributed by atoms with E-state index in [1.165, 1.54) is 4.90 Å². The van der Waals surface area contributed by atoms with Crippen molar-refractivity contribution in [1.29, 1.82) is 0 Å². The molecule has 2 aromatic carbocycles. The lowest BCUT2D eigenvalue weighted by molar-refractivity contribution is 0.185. The number of benzene rings is 2. The van der Waals surface area contributed by atoms with Crippen LogP contribution in [0.3, 0.4) is 0 Å². The van der Waals surface area contributed by atoms with Crippen LogP contribution in [0.1, 0.15) is 5.56 Å². The van der Waals surface area contributed by atoms with Crippen LogP contribution >= 0.6 is 0 Å². The molecule has 0 bridgehead atoms. The van der Waals surface area contributed by atoms with Crippen molar-refractivity contribution in [2.24, 2.45) is 0 Å². The van der Waals surface area contributed by atoms with Gasteiger partial charge in [-0.1, -0.05) is 65.8 Å². The number of amides is 2. The number of nitrogens with one attached hydrogen (secondary N) is 1. The number of hydrogen-bond donors (Lipinski definition) is 2. The number of carbonyl (C=O) groups is 1. The van der Waals surface area contributed by atoms with Crippen molar-refractivity contribution in [2.75, 3.05) is 18.5 Å². The van der Waals surface area contributed by atoms with Crippen LogP contribution in [0.5, 0.6) is 0 Å². The highest BCUT2D eigenvalue weighted by atomic mass is 16.5. The second-order valence-corrected chi connectivity index (χ2v) is 5.50. The van der Waals surface area contributed by atoms with Gasteiger partial charge in [-0.15, -0.1) is 0 Å². The minimum absolute atomic E-state index is 0.117. The Balaban J connectivity index is 1.68. The number of anilines is 1. The number of nitrogens with zero attached hydrogens (tertiary/aromatic N) is 2. The summed E-state index contributed by atoms with van der Waals surface area (Å²) >= 11 is 0. The Morgan fingerprint density at radius 1 is 1.08 bits per heavy atom. The minimum atomic E-state index is -0.342. The van der Waals surface area contributed by atoms with Gasteiger partial charge in [0.15, 0.2) is 11.6 Å². The van der Waals surface area contributed by atoms with Gasteiger partial charge in [-0.25, -0.2) is 4.79 Å². The highest BCUT2D eigenvalue weighted by Crippen LogP contribution is 2.22. The lowest BCUT2D eigenvalue weighted by Gasteiger charge is -2.21. The standard InChI is InChI=1S/C19H19N3O3/c23-12-11-22(14-15-7-3-1-4-8-15)19(24)20-18-13-17(25-21-18)16-9-5-2-6-10-16/h1-10,13,23H,11-12,14H2,(H,20,21,24). The molecular formula is C19H19N3O3. The minimum Gasteiger partial charge on any atom is -0.395 e. The summed E-state index contributed by atoms with van der Waals surface area (Å²) in [4.78, 5) is 14.0. The van der Waals surface area contributed by atoms with E-state index in [0.717, 1.165) is 11.1 Å². The van der Waals surface area contributed by atoms with Crippen molar-refractivity contribution in [3.63, 3.8) is 0 Å². The highest BCUT2D eigenvalue weighted by Gasteiger charge is 2.16. The van der Waals surface area contributed by atoms with Gasteiger partial charge in [0.1, 0.15) is 0 Å². The van der Waals surface area contributed by atoms with Crippen molar-refractivity contribution in [1.82, 2.24) is 10.1 Å². The van der Waals surface area contributed by atoms with Gasteiger partial charge in [0, 0.05) is 24.7 Å². The van der Waals surface area contributed by atoms with Crippen LogP contribution in [0.2, 0.25) is 0 Å². The molecule has 0 spiro atoms. The molecule has 0 aliphatic heterocycles. The second-order valence-electron chi connectivity index (χ2n) is 5.50. The predicted molar refractivity (Wildman–Crippen MR) is 94.9 cm³/mol. The molecule has 3 rings (SSSR count). The number of aliphatic hydroxyl groups is 1. The molecule has 0 radical (unpaired) electrons. The molecule has 0 saturated heterocycles. The molecule has 6 heteroatoms. The van der Waals surface area contributed by atoms with Gasteiger partial charge >= 0.3 is 6.03 Å². The Morgan fingerprint density at radius 3 is 2.44 bits per heavy atom. The first-order chi connectivity index (χ1) is 12.3. The Bertz CT molecular complexity index is 803. The summed E-state index contributed by atoms with van der Waals surface area (Å²) in [7, 11) is 0. The third-order valence-electron chi connectivity index (χ3n) is 3.68. The number of aliphatic hydroxyl groups excluding tert-OH is 1. The van der Waals surface area contributed by atoms with Crippen LogP contribution in [0.4, 0.5) is 10.6 Å². The topological polar surface area (TPSA) is 78.6 Å². The smallest absolute Gasteiger partial charge is 0.323 e. The molecule has 1 aromatic heterocycles. The van der Waals surface area contributed by atoms with Crippen molar-refractivity contribution in [3.05, 3.63) is 72.3 Å². The molecular weight excluding hydrogens is 318 g/mol. The van der Waals surface area contributed by atoms with E-state index in [1.54, 1.807) is 6.07 Å². The fraction of sp³-hybridized carbons (Fsp3) is 0.158. The maximum absolute atomic E-state index is 12.5. The quantitative estimate of drug-likeness (QED) is 0.723. The number of hydrogen-bond acceptors (Lipinski definition) is 4. The van der Waals surface area contributed by atoms with Crippen molar-refractivity contribution in [2.45, 2.75) is 6.54 Å². The second kappa shape index (κ2) is 8.12. The normalized spacial score (nSPS) is 10.4. The molecule has 0 atom stereocenters. The van der Waals surface area contributed by atoms with Gasteiger partial charge in [-0.2, -0.15) is 0 Å². The van der Waals surface area contributed by atoms with Gasteiger partial charge in [-0.3, -0.25) is 5.32 Å². The summed E-state index contributed by atoms with van der Waals surface area (Å²) in [6.45, 7) is 0.509. The van der Waals surface area contributed by atoms with Crippen LogP contribution in [0, 0.1) is 0 Å². The Morgan fingerprint density at radius 2 is 1.76 bits per heavy atom. The molecule has 0 unspecified atom stereocenters. The van der Waals surface area contributed by atoms with E-state index in [0.29, 0.717) is 18.1 Å². The highest BCUT2D eigenvalue weighted by molar-refractivity contribution is 5.88. The van der Waals surface area contributed by atoms with Crippen LogP contribution < -0.4 is 5.32 Å². The number of urea groups is 1. The van der Waals surface area contributed by atoms with Gasteiger partial charge in [-0.05, 0) is 5.56 Å². The van der Waals surface area contributed by atoms with E-state index in [4.69, 9.17) is 4.52 Å². The largest absolute Gasteiger partial charge is 0.395 e. The van der Waals surface area contributed by atoms with Crippen LogP contribution in [-0.2, 0) is 6.54 Å². The van der Waals surface area contributed by atoms with E-state index < -0.39 is 0 Å². The average Bonchev–Trinajstić information content (AvgIpc) is 3.11. The third-order valence-corrected chi connectivity index (χ3v) is 3.68. The molecule has 0 saturated carbocycles. The van der Waals surface area contributed by atoms with Crippen LogP contribution in [0.15, 0.2) is 71.3 Å². The zero-order valence-corrected chi connectivity index (χ0v) is 13.6. The van der Waals surface area contributed by atoms with Crippen molar-refractivity contribution < 1.29 is 14.4 Å². The predicted octanol–water partition coefficient (Wildman–Crippen LogP) is 3.37. The van der Waals surface area contributed by atoms with Gasteiger partial charge in [0.25, 0.3) is 0 Å². The van der Waals surface area contributed by atoms with Gasteiger partial charge < -0.3 is 14.5 Å². The lowest BCUT2D eigenvalue weighted by Crippen LogP contribution is -2.36. The van der Waals surface area contributed by atoms with Crippen molar-refractivity contribution >= 4 is 11.8 Å². The maximum atomic E-state index is 12.5. The summed E-state index contributed by atoms with van der Waals surface area (Å²) in [6.07, 6.45) is 0. The van der Waals surface area contributed by atoms with Crippen LogP contribution in [0.25, 0.3) is 11.3 Å². The number of carbonyl (C=O) groups excluding carboxylic acids is 1. The Hall–Kier alpha value is -3.12. The number of rotatable bonds is 6. The molecule has 128 valence electrons. The summed E-state index contributed by atoms with van der Waals surface area (Å²) in [5, 5.41) is 15.8. The summed E-state index contributed by atoms with van der Waals surface area (Å²) in [5.41, 5.74) is 1.86. The fourth-order valence-corrected chi connectivity index (χ4v) is 2.44. The van der Waals surface area contributed by atoms with Gasteiger partial charge in [0.2, 0.25) is 0 Å². The monoisotopic (exact) mass is 337 g/mol. The molecule has 0 aliphatic carbocycles. The SMILES string of the molecule is O=C(Nc1cc(-c2ccccc2)on1)N(CCO)Cc1ccccc1. The fourth-order valence-electron chi connectivity index (χ4n) is 2.44. The van der Waals surface area contributed by atoms with E-state index in [1.807, 2.05) is 60.7 Å². The summed E-state index contributed by atoms with van der Waals surface area (Å²) in [6, 6.07) is 20.5. The molecule has 6 nitrogen and oxygen atoms in total. The Labute approximate surface area is 145 Å². The molecule has 3 aromatic rings. The van der Waals surface area contributed by atoms with Gasteiger partial charge in [0.05, 0.1) is 6.61 Å². The summed E-state index contributed by atoms with van der Waals surface area (Å²) < 4.78 is 5.28. The zero-order chi connectivity index (χ0) is 17.5. The van der Waals surface area contributed by atoms with Crippen LogP contribution in [-0.4, -0.2) is 34.3 Å². The molecule has 0 fully saturated rings. The summed E-state index contributed by atoms with van der Waals surface area (Å²) in [5.74, 6) is 0.910. The third kappa shape index (κ3) is 4.45. The van der Waals surface area contributed by atoms with E-state index in [-0.39, 0.29) is 19.2 Å². The molecule has 0 aliphatic rings. The molecule has 2 amide bonds. The lowest BCUT2D eigenvalue weighted by atomic mass is 10.2. The average molecular weight is 337 g/mol. The van der Waals surface area contributed by atoms with E-state index in [9.17, 15) is 9.90 Å². The maximum Gasteiger partial charge on any atom is 0.323 e. The van der Waals surface area contributed by atoms with E-state index in [2.05, 4.69) is 10.5 Å². The first kappa shape index (κ1) is 16.7. The first-order valence-corrected chi connectivity index (χ1v) is 7.99. The number of aromatic nitrogens is 1. The Kier molecular flexibility index (Phi) is 5.43. The van der Waals surface area contributed by atoms with Crippen molar-refractivity contribution in [3.8, 4) is 11.3 Å².